The lowest BCUT2D eigenvalue weighted by Crippen LogP contribution is -2.37. The lowest BCUT2D eigenvalue weighted by Gasteiger charge is -2.29. The van der Waals surface area contributed by atoms with Crippen LogP contribution in [0.5, 0.6) is 0 Å². The lowest BCUT2D eigenvalue weighted by atomic mass is 9.93. The summed E-state index contributed by atoms with van der Waals surface area (Å²) < 4.78 is 14.3. The fourth-order valence-electron chi connectivity index (χ4n) is 4.25. The van der Waals surface area contributed by atoms with Crippen molar-refractivity contribution in [3.8, 4) is 0 Å². The molecular formula is C23H32NOP. The largest absolute Gasteiger partial charge is 0.297 e. The zero-order valence-corrected chi connectivity index (χ0v) is 17.0. The average molecular weight is 369 g/mol. The predicted octanol–water partition coefficient (Wildman–Crippen LogP) is 5.50. The first-order valence-corrected chi connectivity index (χ1v) is 11.8. The molecule has 1 aliphatic rings. The Balaban J connectivity index is 1.91. The average Bonchev–Trinajstić information content (AvgIpc) is 3.15. The molecule has 2 nitrogen and oxygen atoms in total. The van der Waals surface area contributed by atoms with E-state index in [1.807, 2.05) is 60.7 Å². The maximum absolute atomic E-state index is 14.3. The Hall–Kier alpha value is -1.37. The molecule has 2 aromatic rings. The van der Waals surface area contributed by atoms with Crippen molar-refractivity contribution < 1.29 is 4.57 Å². The summed E-state index contributed by atoms with van der Waals surface area (Å²) >= 11 is 0. The molecule has 0 heterocycles. The van der Waals surface area contributed by atoms with Crippen LogP contribution < -0.4 is 15.7 Å². The minimum Gasteiger partial charge on any atom is -0.297 e. The zero-order valence-electron chi connectivity index (χ0n) is 16.1. The predicted molar refractivity (Wildman–Crippen MR) is 113 cm³/mol. The number of hydrogen-bond donors (Lipinski definition) is 1. The van der Waals surface area contributed by atoms with Crippen LogP contribution in [0.15, 0.2) is 60.7 Å². The quantitative estimate of drug-likeness (QED) is 0.623. The Kier molecular flexibility index (Phi) is 6.73. The molecule has 0 spiro atoms. The van der Waals surface area contributed by atoms with Gasteiger partial charge in [-0.15, -0.1) is 0 Å². The number of hydrogen-bond acceptors (Lipinski definition) is 1. The number of nitrogens with one attached hydrogen (secondary N) is 1. The minimum absolute atomic E-state index is 0.296. The first-order chi connectivity index (χ1) is 12.6. The van der Waals surface area contributed by atoms with Crippen molar-refractivity contribution >= 4 is 17.9 Å². The topological polar surface area (TPSA) is 29.1 Å². The molecule has 140 valence electrons. The van der Waals surface area contributed by atoms with Gasteiger partial charge >= 0.3 is 0 Å². The minimum atomic E-state index is -2.84. The smallest absolute Gasteiger partial charge is 0.204 e. The summed E-state index contributed by atoms with van der Waals surface area (Å²) in [5.74, 6) is 1.38. The molecule has 1 fully saturated rings. The molecule has 26 heavy (non-hydrogen) atoms. The summed E-state index contributed by atoms with van der Waals surface area (Å²) in [5.41, 5.74) is 0. The monoisotopic (exact) mass is 369 g/mol. The van der Waals surface area contributed by atoms with E-state index in [1.165, 1.54) is 25.7 Å². The van der Waals surface area contributed by atoms with E-state index in [9.17, 15) is 4.57 Å². The third-order valence-corrected chi connectivity index (χ3v) is 8.23. The van der Waals surface area contributed by atoms with Gasteiger partial charge in [0, 0.05) is 16.7 Å². The first kappa shape index (κ1) is 19.4. The van der Waals surface area contributed by atoms with Crippen molar-refractivity contribution in [1.29, 1.82) is 0 Å². The summed E-state index contributed by atoms with van der Waals surface area (Å²) in [7, 11) is -2.84. The van der Waals surface area contributed by atoms with Crippen LogP contribution in [-0.4, -0.2) is 6.04 Å². The standard InChI is InChI=1S/C23H32NOP/c1-19(2)17-21(18-20-11-9-10-12-20)24-26(25,22-13-5-3-6-14-22)23-15-7-4-8-16-23/h3-8,13-16,19-21H,9-12,17-18H2,1-2H3,(H,24,25)/t21-/m1/s1. The second kappa shape index (κ2) is 9.02. The van der Waals surface area contributed by atoms with E-state index >= 15 is 0 Å². The molecule has 3 rings (SSSR count). The highest BCUT2D eigenvalue weighted by Crippen LogP contribution is 2.41. The van der Waals surface area contributed by atoms with Crippen LogP contribution >= 0.6 is 7.29 Å². The van der Waals surface area contributed by atoms with Crippen molar-refractivity contribution in [2.24, 2.45) is 11.8 Å². The van der Waals surface area contributed by atoms with Gasteiger partial charge in [-0.1, -0.05) is 75.9 Å². The second-order valence-corrected chi connectivity index (χ2v) is 10.6. The van der Waals surface area contributed by atoms with Crippen molar-refractivity contribution in [2.45, 2.75) is 58.4 Å². The fraction of sp³-hybridized carbons (Fsp3) is 0.478. The molecule has 0 bridgehead atoms. The Morgan fingerprint density at radius 1 is 0.923 bits per heavy atom. The summed E-state index contributed by atoms with van der Waals surface area (Å²) in [4.78, 5) is 0. The van der Waals surface area contributed by atoms with Crippen LogP contribution in [0.25, 0.3) is 0 Å². The van der Waals surface area contributed by atoms with Gasteiger partial charge in [-0.2, -0.15) is 0 Å². The van der Waals surface area contributed by atoms with Gasteiger partial charge in [-0.05, 0) is 48.9 Å². The van der Waals surface area contributed by atoms with Gasteiger partial charge in [0.05, 0.1) is 0 Å². The fourth-order valence-corrected chi connectivity index (χ4v) is 6.76. The lowest BCUT2D eigenvalue weighted by molar-refractivity contribution is 0.372. The molecule has 3 heteroatoms. The Labute approximate surface area is 158 Å². The van der Waals surface area contributed by atoms with Gasteiger partial charge in [0.2, 0.25) is 7.29 Å². The van der Waals surface area contributed by atoms with Gasteiger partial charge in [0.25, 0.3) is 0 Å². The maximum atomic E-state index is 14.3. The van der Waals surface area contributed by atoms with Crippen molar-refractivity contribution in [1.82, 2.24) is 5.09 Å². The van der Waals surface area contributed by atoms with Crippen LogP contribution in [0.1, 0.15) is 52.4 Å². The van der Waals surface area contributed by atoms with Crippen molar-refractivity contribution in [3.63, 3.8) is 0 Å². The van der Waals surface area contributed by atoms with E-state index in [1.54, 1.807) is 0 Å². The number of rotatable bonds is 8. The summed E-state index contributed by atoms with van der Waals surface area (Å²) in [6.07, 6.45) is 7.58. The van der Waals surface area contributed by atoms with Gasteiger partial charge in [0.15, 0.2) is 0 Å². The van der Waals surface area contributed by atoms with E-state index < -0.39 is 7.29 Å². The molecule has 0 radical (unpaired) electrons. The van der Waals surface area contributed by atoms with Crippen LogP contribution in [0.3, 0.4) is 0 Å². The Bertz CT molecular complexity index is 664. The second-order valence-electron chi connectivity index (χ2n) is 8.12. The van der Waals surface area contributed by atoms with Crippen molar-refractivity contribution in [2.75, 3.05) is 0 Å². The molecule has 0 aromatic heterocycles. The first-order valence-electron chi connectivity index (χ1n) is 10.1. The molecule has 1 aliphatic carbocycles. The van der Waals surface area contributed by atoms with Crippen molar-refractivity contribution in [3.05, 3.63) is 60.7 Å². The van der Waals surface area contributed by atoms with Crippen LogP contribution in [-0.2, 0) is 4.57 Å². The molecular weight excluding hydrogens is 337 g/mol. The summed E-state index contributed by atoms with van der Waals surface area (Å²) in [5, 5.41) is 5.49. The Morgan fingerprint density at radius 2 is 1.42 bits per heavy atom. The van der Waals surface area contributed by atoms with Gasteiger partial charge < -0.3 is 0 Å². The molecule has 0 saturated heterocycles. The number of benzene rings is 2. The highest BCUT2D eigenvalue weighted by molar-refractivity contribution is 7.76. The highest BCUT2D eigenvalue weighted by Gasteiger charge is 2.31. The SMILES string of the molecule is CC(C)C[C@H](CC1CCCC1)NP(=O)(c1ccccc1)c1ccccc1. The summed E-state index contributed by atoms with van der Waals surface area (Å²) in [6.45, 7) is 4.53. The molecule has 2 aromatic carbocycles. The van der Waals surface area contributed by atoms with Gasteiger partial charge in [-0.25, -0.2) is 0 Å². The Morgan fingerprint density at radius 3 is 1.88 bits per heavy atom. The zero-order chi connectivity index (χ0) is 18.4. The van der Waals surface area contributed by atoms with Crippen LogP contribution in [0.4, 0.5) is 0 Å². The molecule has 0 aliphatic heterocycles. The van der Waals surface area contributed by atoms with Gasteiger partial charge in [-0.3, -0.25) is 9.65 Å². The molecule has 1 N–H and O–H groups in total. The third kappa shape index (κ3) is 4.87. The summed E-state index contributed by atoms with van der Waals surface area (Å²) in [6, 6.07) is 20.2. The maximum Gasteiger partial charge on any atom is 0.204 e. The third-order valence-electron chi connectivity index (χ3n) is 5.45. The van der Waals surface area contributed by atoms with E-state index in [-0.39, 0.29) is 0 Å². The van der Waals surface area contributed by atoms with E-state index in [2.05, 4.69) is 18.9 Å². The molecule has 1 atom stereocenters. The van der Waals surface area contributed by atoms with Crippen LogP contribution in [0.2, 0.25) is 0 Å². The van der Waals surface area contributed by atoms with E-state index in [4.69, 9.17) is 0 Å². The molecule has 1 saturated carbocycles. The molecule has 0 amide bonds. The van der Waals surface area contributed by atoms with Gasteiger partial charge in [0.1, 0.15) is 0 Å². The van der Waals surface area contributed by atoms with E-state index in [0.717, 1.165) is 29.4 Å². The van der Waals surface area contributed by atoms with Crippen LogP contribution in [0, 0.1) is 11.8 Å². The molecule has 0 unspecified atom stereocenters. The van der Waals surface area contributed by atoms with E-state index in [0.29, 0.717) is 12.0 Å². The normalized spacial score (nSPS) is 16.9. The highest BCUT2D eigenvalue weighted by atomic mass is 31.2.